The van der Waals surface area contributed by atoms with Crippen LogP contribution in [0.15, 0.2) is 42.5 Å². The van der Waals surface area contributed by atoms with Gasteiger partial charge in [0.25, 0.3) is 11.1 Å². The van der Waals surface area contributed by atoms with Crippen LogP contribution in [0.1, 0.15) is 57.6 Å². The Balaban J connectivity index is 0. The number of nitro groups is 1. The number of carbonyl (C=O) groups is 3. The monoisotopic (exact) mass is 556 g/mol. The normalized spacial score (nSPS) is 10.8. The highest BCUT2D eigenvalue weighted by molar-refractivity contribution is 5.78. The average molecular weight is 557 g/mol. The number of hydrogen-bond donors (Lipinski definition) is 4. The predicted octanol–water partition coefficient (Wildman–Crippen LogP) is 3.77. The molecule has 39 heavy (non-hydrogen) atoms. The lowest BCUT2D eigenvalue weighted by atomic mass is 10.0. The number of carbonyl (C=O) groups excluding carboxylic acids is 2. The topological polar surface area (TPSA) is 237 Å². The molecule has 0 amide bonds. The number of phenols is 2. The number of aliphatic carboxylic acids is 1. The molecule has 0 bridgehead atoms. The van der Waals surface area contributed by atoms with Gasteiger partial charge in [-0.3, -0.25) is 24.5 Å². The van der Waals surface area contributed by atoms with Crippen molar-refractivity contribution in [3.05, 3.63) is 73.8 Å². The first-order chi connectivity index (χ1) is 18.1. The van der Waals surface area contributed by atoms with Crippen molar-refractivity contribution in [1.82, 2.24) is 0 Å². The number of nitrogens with zero attached hydrogens (tertiary/aromatic N) is 2. The quantitative estimate of drug-likeness (QED) is 0.216. The largest absolute Gasteiger partial charge is 0.508 e. The zero-order valence-electron chi connectivity index (χ0n) is 22.0. The third-order valence-electron chi connectivity index (χ3n) is 4.37. The second kappa shape index (κ2) is 19.2. The number of aromatic hydroxyl groups is 2. The van der Waals surface area contributed by atoms with Gasteiger partial charge in [0, 0.05) is 13.0 Å². The van der Waals surface area contributed by atoms with Crippen molar-refractivity contribution in [3.8, 4) is 11.5 Å². The number of phenolic OH excluding ortho intramolecular Hbond substituents is 2. The van der Waals surface area contributed by atoms with Crippen LogP contribution < -0.4 is 0 Å². The second-order valence-corrected chi connectivity index (χ2v) is 7.30. The molecule has 0 spiro atoms. The lowest BCUT2D eigenvalue weighted by Gasteiger charge is -2.10. The van der Waals surface area contributed by atoms with Crippen molar-refractivity contribution in [3.63, 3.8) is 0 Å². The van der Waals surface area contributed by atoms with Gasteiger partial charge < -0.3 is 30.0 Å². The lowest BCUT2D eigenvalue weighted by Crippen LogP contribution is -2.13. The number of benzene rings is 2. The molecule has 216 valence electrons. The smallest absolute Gasteiger partial charge is 0.313 e. The maximum Gasteiger partial charge on any atom is 0.313 e. The van der Waals surface area contributed by atoms with Gasteiger partial charge in [-0.2, -0.15) is 0 Å². The SMILES string of the molecule is CC(=O)O.CCOC(=O)C(C)c1ccc(O)c([N+](=O)[O-])c1.CCOC(=O)C(C)c1ccc(O)cc1.O=[N+]([O-])O. The molecule has 4 N–H and O–H groups in total. The van der Waals surface area contributed by atoms with Crippen molar-refractivity contribution in [2.75, 3.05) is 13.2 Å². The Kier molecular flexibility index (Phi) is 17.8. The van der Waals surface area contributed by atoms with Gasteiger partial charge in [0.15, 0.2) is 5.75 Å². The van der Waals surface area contributed by atoms with E-state index in [4.69, 9.17) is 39.8 Å². The first kappa shape index (κ1) is 36.2. The standard InChI is InChI=1S/C11H13NO5.C11H14O3.C2H4O2.HNO3/c1-3-17-11(14)7(2)8-4-5-10(13)9(6-8)12(15)16;1-3-14-11(13)8(2)9-4-6-10(12)7-5-9;1-2(3)4;2-1(3)4/h4-7,13H,3H2,1-2H3;4-8,12H,3H2,1-2H3;1H3,(H,3,4);(H,2,3,4). The van der Waals surface area contributed by atoms with Gasteiger partial charge in [0.2, 0.25) is 0 Å². The van der Waals surface area contributed by atoms with E-state index in [1.165, 1.54) is 18.2 Å². The summed E-state index contributed by atoms with van der Waals surface area (Å²) in [5.41, 5.74) is 0.868. The van der Waals surface area contributed by atoms with E-state index in [1.54, 1.807) is 52.0 Å². The van der Waals surface area contributed by atoms with E-state index in [2.05, 4.69) is 0 Å². The van der Waals surface area contributed by atoms with Gasteiger partial charge in [-0.25, -0.2) is 0 Å². The summed E-state index contributed by atoms with van der Waals surface area (Å²) in [5.74, 6) is -2.63. The van der Waals surface area contributed by atoms with Crippen LogP contribution in [0.4, 0.5) is 5.69 Å². The summed E-state index contributed by atoms with van der Waals surface area (Å²) >= 11 is 0. The van der Waals surface area contributed by atoms with E-state index in [1.807, 2.05) is 0 Å². The molecule has 0 aliphatic carbocycles. The Morgan fingerprint density at radius 2 is 1.21 bits per heavy atom. The highest BCUT2D eigenvalue weighted by atomic mass is 16.9. The summed E-state index contributed by atoms with van der Waals surface area (Å²) in [4.78, 5) is 50.1. The van der Waals surface area contributed by atoms with E-state index < -0.39 is 39.3 Å². The molecule has 0 saturated heterocycles. The summed E-state index contributed by atoms with van der Waals surface area (Å²) in [6.45, 7) is 8.56. The highest BCUT2D eigenvalue weighted by Gasteiger charge is 2.21. The van der Waals surface area contributed by atoms with Crippen LogP contribution in [0.5, 0.6) is 11.5 Å². The van der Waals surface area contributed by atoms with Crippen LogP contribution in [0.3, 0.4) is 0 Å². The van der Waals surface area contributed by atoms with Crippen LogP contribution in [0, 0.1) is 20.2 Å². The van der Waals surface area contributed by atoms with E-state index in [0.717, 1.165) is 12.5 Å². The molecular formula is C24H32N2O13. The number of carboxylic acid groups (broad SMARTS) is 1. The van der Waals surface area contributed by atoms with Gasteiger partial charge in [0.05, 0.1) is 30.0 Å². The Bertz CT molecular complexity index is 1070. The zero-order chi connectivity index (χ0) is 30.7. The van der Waals surface area contributed by atoms with Gasteiger partial charge in [-0.15, -0.1) is 10.1 Å². The summed E-state index contributed by atoms with van der Waals surface area (Å²) in [6, 6.07) is 10.4. The van der Waals surface area contributed by atoms with Crippen molar-refractivity contribution in [1.29, 1.82) is 0 Å². The molecule has 2 atom stereocenters. The van der Waals surface area contributed by atoms with Crippen LogP contribution in [0.25, 0.3) is 0 Å². The molecular weight excluding hydrogens is 524 g/mol. The minimum Gasteiger partial charge on any atom is -0.508 e. The van der Waals surface area contributed by atoms with Gasteiger partial charge in [0.1, 0.15) is 5.75 Å². The molecule has 2 aromatic carbocycles. The number of rotatable bonds is 7. The molecule has 0 radical (unpaired) electrons. The molecule has 0 fully saturated rings. The Labute approximate surface area is 223 Å². The molecule has 2 unspecified atom stereocenters. The molecule has 0 aromatic heterocycles. The van der Waals surface area contributed by atoms with Crippen molar-refractivity contribution < 1.29 is 54.4 Å². The van der Waals surface area contributed by atoms with Crippen molar-refractivity contribution >= 4 is 23.6 Å². The first-order valence-electron chi connectivity index (χ1n) is 11.2. The molecule has 0 aliphatic rings. The maximum absolute atomic E-state index is 11.5. The minimum absolute atomic E-state index is 0.199. The third-order valence-corrected chi connectivity index (χ3v) is 4.37. The van der Waals surface area contributed by atoms with Gasteiger partial charge in [-0.1, -0.05) is 18.2 Å². The fraction of sp³-hybridized carbons (Fsp3) is 0.375. The van der Waals surface area contributed by atoms with Crippen molar-refractivity contribution in [2.24, 2.45) is 0 Å². The highest BCUT2D eigenvalue weighted by Crippen LogP contribution is 2.29. The lowest BCUT2D eigenvalue weighted by molar-refractivity contribution is -0.742. The molecule has 2 aromatic rings. The number of esters is 2. The Morgan fingerprint density at radius 1 is 0.846 bits per heavy atom. The van der Waals surface area contributed by atoms with E-state index in [0.29, 0.717) is 12.2 Å². The Hall–Kier alpha value is -4.95. The molecule has 0 aliphatic heterocycles. The fourth-order valence-electron chi connectivity index (χ4n) is 2.53. The van der Waals surface area contributed by atoms with Crippen LogP contribution in [0.2, 0.25) is 0 Å². The van der Waals surface area contributed by atoms with Crippen molar-refractivity contribution in [2.45, 2.75) is 46.5 Å². The number of nitro benzene ring substituents is 1. The summed E-state index contributed by atoms with van der Waals surface area (Å²) in [6.07, 6.45) is 0. The van der Waals surface area contributed by atoms with Gasteiger partial charge in [-0.05, 0) is 57.0 Å². The third kappa shape index (κ3) is 16.4. The number of carboxylic acids is 1. The number of ether oxygens (including phenoxy) is 2. The minimum atomic E-state index is -1.50. The van der Waals surface area contributed by atoms with Crippen LogP contribution >= 0.6 is 0 Å². The molecule has 15 heteroatoms. The molecule has 0 saturated carbocycles. The van der Waals surface area contributed by atoms with E-state index >= 15 is 0 Å². The fourth-order valence-corrected chi connectivity index (χ4v) is 2.53. The number of hydrogen-bond acceptors (Lipinski definition) is 11. The van der Waals surface area contributed by atoms with Gasteiger partial charge >= 0.3 is 17.6 Å². The van der Waals surface area contributed by atoms with Crippen LogP contribution in [-0.2, 0) is 23.9 Å². The second-order valence-electron chi connectivity index (χ2n) is 7.30. The predicted molar refractivity (Wildman–Crippen MR) is 135 cm³/mol. The average Bonchev–Trinajstić information content (AvgIpc) is 2.84. The summed E-state index contributed by atoms with van der Waals surface area (Å²) in [7, 11) is 0. The molecule has 2 rings (SSSR count). The van der Waals surface area contributed by atoms with E-state index in [9.17, 15) is 24.8 Å². The Morgan fingerprint density at radius 3 is 1.56 bits per heavy atom. The summed E-state index contributed by atoms with van der Waals surface area (Å²) in [5, 5.41) is 50.0. The zero-order valence-corrected chi connectivity index (χ0v) is 22.0. The molecule has 15 nitrogen and oxygen atoms in total. The summed E-state index contributed by atoms with van der Waals surface area (Å²) < 4.78 is 9.70. The van der Waals surface area contributed by atoms with Crippen LogP contribution in [-0.4, -0.2) is 61.7 Å². The maximum atomic E-state index is 11.5. The van der Waals surface area contributed by atoms with E-state index in [-0.39, 0.29) is 24.2 Å². The first-order valence-corrected chi connectivity index (χ1v) is 11.2. The molecule has 0 heterocycles.